The number of rotatable bonds is 6. The van der Waals surface area contributed by atoms with Crippen LogP contribution in [0.2, 0.25) is 0 Å². The number of hydrogen-bond acceptors (Lipinski definition) is 4. The van der Waals surface area contributed by atoms with Crippen LogP contribution in [0.1, 0.15) is 21.7 Å². The average Bonchev–Trinajstić information content (AvgIpc) is 3.17. The maximum atomic E-state index is 13.0. The van der Waals surface area contributed by atoms with E-state index in [0.717, 1.165) is 21.0 Å². The lowest BCUT2D eigenvalue weighted by molar-refractivity contribution is 0.0929. The number of nitrogens with zero attached hydrogens (tertiary/aromatic N) is 1. The van der Waals surface area contributed by atoms with E-state index in [1.807, 2.05) is 30.3 Å². The van der Waals surface area contributed by atoms with Gasteiger partial charge in [-0.2, -0.15) is 5.10 Å². The summed E-state index contributed by atoms with van der Waals surface area (Å²) in [6, 6.07) is 20.6. The summed E-state index contributed by atoms with van der Waals surface area (Å²) in [5.41, 5.74) is 4.69. The molecule has 3 aromatic carbocycles. The number of hydrazone groups is 1. The zero-order valence-electron chi connectivity index (χ0n) is 15.6. The van der Waals surface area contributed by atoms with E-state index in [-0.39, 0.29) is 11.6 Å². The number of fused-ring (bicyclic) bond motifs is 1. The molecule has 7 heteroatoms. The summed E-state index contributed by atoms with van der Waals surface area (Å²) >= 11 is 3.39. The Morgan fingerprint density at radius 2 is 1.93 bits per heavy atom. The molecule has 0 bridgehead atoms. The lowest BCUT2D eigenvalue weighted by Gasteiger charge is -2.07. The van der Waals surface area contributed by atoms with Gasteiger partial charge in [0.15, 0.2) is 5.76 Å². The third kappa shape index (κ3) is 4.93. The van der Waals surface area contributed by atoms with Crippen LogP contribution in [0.3, 0.4) is 0 Å². The molecule has 0 saturated carbocycles. The summed E-state index contributed by atoms with van der Waals surface area (Å²) < 4.78 is 25.1. The van der Waals surface area contributed by atoms with E-state index >= 15 is 0 Å². The van der Waals surface area contributed by atoms with Gasteiger partial charge in [-0.15, -0.1) is 0 Å². The van der Waals surface area contributed by atoms with Crippen molar-refractivity contribution in [3.8, 4) is 5.75 Å². The molecule has 4 rings (SSSR count). The number of hydrogen-bond donors (Lipinski definition) is 1. The van der Waals surface area contributed by atoms with Crippen molar-refractivity contribution >= 4 is 39.0 Å². The molecule has 150 valence electrons. The standard InChI is InChI=1S/C23H16BrFN2O3/c24-18-6-9-21-17(11-18)12-22(30-21)23(28)27-26-13-16-2-1-3-20(10-16)29-14-15-4-7-19(25)8-5-15/h1-13H,14H2,(H,27,28)/b26-13+. The minimum absolute atomic E-state index is 0.177. The van der Waals surface area contributed by atoms with Gasteiger partial charge in [-0.05, 0) is 59.7 Å². The van der Waals surface area contributed by atoms with Gasteiger partial charge < -0.3 is 9.15 Å². The van der Waals surface area contributed by atoms with Gasteiger partial charge in [0.05, 0.1) is 6.21 Å². The molecule has 0 saturated heterocycles. The first-order chi connectivity index (χ1) is 14.6. The predicted octanol–water partition coefficient (Wildman–Crippen LogP) is 5.68. The monoisotopic (exact) mass is 466 g/mol. The first kappa shape index (κ1) is 19.8. The second-order valence-electron chi connectivity index (χ2n) is 6.48. The van der Waals surface area contributed by atoms with Crippen molar-refractivity contribution in [2.24, 2.45) is 5.10 Å². The van der Waals surface area contributed by atoms with E-state index in [0.29, 0.717) is 17.9 Å². The molecule has 5 nitrogen and oxygen atoms in total. The highest BCUT2D eigenvalue weighted by atomic mass is 79.9. The summed E-state index contributed by atoms with van der Waals surface area (Å²) in [7, 11) is 0. The highest BCUT2D eigenvalue weighted by molar-refractivity contribution is 9.10. The molecular weight excluding hydrogens is 451 g/mol. The molecule has 0 atom stereocenters. The Morgan fingerprint density at radius 3 is 2.77 bits per heavy atom. The van der Waals surface area contributed by atoms with E-state index in [1.54, 1.807) is 30.3 Å². The van der Waals surface area contributed by atoms with Gasteiger partial charge in [0.1, 0.15) is 23.8 Å². The largest absolute Gasteiger partial charge is 0.489 e. The molecule has 1 aromatic heterocycles. The number of halogens is 2. The molecule has 0 aliphatic heterocycles. The van der Waals surface area contributed by atoms with E-state index in [1.165, 1.54) is 18.3 Å². The van der Waals surface area contributed by atoms with E-state index in [2.05, 4.69) is 26.5 Å². The Kier molecular flexibility index (Phi) is 5.90. The molecule has 0 aliphatic rings. The van der Waals surface area contributed by atoms with E-state index in [4.69, 9.17) is 9.15 Å². The molecule has 0 spiro atoms. The summed E-state index contributed by atoms with van der Waals surface area (Å²) in [6.45, 7) is 0.319. The number of amides is 1. The highest BCUT2D eigenvalue weighted by Crippen LogP contribution is 2.23. The topological polar surface area (TPSA) is 63.8 Å². The number of nitrogens with one attached hydrogen (secondary N) is 1. The smallest absolute Gasteiger partial charge is 0.307 e. The Balaban J connectivity index is 1.36. The average molecular weight is 467 g/mol. The molecule has 1 N–H and O–H groups in total. The molecule has 30 heavy (non-hydrogen) atoms. The second kappa shape index (κ2) is 8.92. The van der Waals surface area contributed by atoms with Crippen LogP contribution in [0, 0.1) is 5.82 Å². The lowest BCUT2D eigenvalue weighted by atomic mass is 10.2. The van der Waals surface area contributed by atoms with Crippen LogP contribution in [0.4, 0.5) is 4.39 Å². The van der Waals surface area contributed by atoms with E-state index in [9.17, 15) is 9.18 Å². The van der Waals surface area contributed by atoms with Crippen LogP contribution in [-0.4, -0.2) is 12.1 Å². The van der Waals surface area contributed by atoms with Crippen LogP contribution in [0.15, 0.2) is 86.8 Å². The van der Waals surface area contributed by atoms with Crippen LogP contribution in [0.25, 0.3) is 11.0 Å². The predicted molar refractivity (Wildman–Crippen MR) is 116 cm³/mol. The second-order valence-corrected chi connectivity index (χ2v) is 7.40. The first-order valence-corrected chi connectivity index (χ1v) is 9.86. The molecule has 0 aliphatic carbocycles. The molecule has 4 aromatic rings. The Hall–Kier alpha value is -3.45. The Morgan fingerprint density at radius 1 is 1.10 bits per heavy atom. The number of benzene rings is 3. The van der Waals surface area contributed by atoms with Gasteiger partial charge >= 0.3 is 5.91 Å². The quantitative estimate of drug-likeness (QED) is 0.293. The third-order valence-corrected chi connectivity index (χ3v) is 4.75. The van der Waals surface area contributed by atoms with Gasteiger partial charge in [0.2, 0.25) is 0 Å². The van der Waals surface area contributed by atoms with Crippen LogP contribution < -0.4 is 10.2 Å². The fraction of sp³-hybridized carbons (Fsp3) is 0.0435. The van der Waals surface area contributed by atoms with Crippen LogP contribution in [-0.2, 0) is 6.61 Å². The zero-order chi connectivity index (χ0) is 20.9. The molecule has 0 radical (unpaired) electrons. The zero-order valence-corrected chi connectivity index (χ0v) is 17.2. The van der Waals surface area contributed by atoms with Crippen molar-refractivity contribution in [1.82, 2.24) is 5.43 Å². The van der Waals surface area contributed by atoms with Crippen molar-refractivity contribution < 1.29 is 18.3 Å². The van der Waals surface area contributed by atoms with Gasteiger partial charge in [-0.3, -0.25) is 4.79 Å². The molecular formula is C23H16BrFN2O3. The number of ether oxygens (including phenoxy) is 1. The molecule has 0 unspecified atom stereocenters. The third-order valence-electron chi connectivity index (χ3n) is 4.26. The number of carbonyl (C=O) groups is 1. The Bertz CT molecular complexity index is 1220. The van der Waals surface area contributed by atoms with Crippen molar-refractivity contribution in [3.05, 3.63) is 100.0 Å². The van der Waals surface area contributed by atoms with Crippen LogP contribution in [0.5, 0.6) is 5.75 Å². The normalized spacial score (nSPS) is 11.1. The highest BCUT2D eigenvalue weighted by Gasteiger charge is 2.11. The van der Waals surface area contributed by atoms with Crippen molar-refractivity contribution in [3.63, 3.8) is 0 Å². The summed E-state index contributed by atoms with van der Waals surface area (Å²) in [6.07, 6.45) is 1.52. The van der Waals surface area contributed by atoms with E-state index < -0.39 is 5.91 Å². The first-order valence-electron chi connectivity index (χ1n) is 9.07. The fourth-order valence-corrected chi connectivity index (χ4v) is 3.16. The van der Waals surface area contributed by atoms with Gasteiger partial charge in [0, 0.05) is 9.86 Å². The lowest BCUT2D eigenvalue weighted by Crippen LogP contribution is -2.16. The minimum Gasteiger partial charge on any atom is -0.489 e. The van der Waals surface area contributed by atoms with Crippen molar-refractivity contribution in [2.75, 3.05) is 0 Å². The van der Waals surface area contributed by atoms with Gasteiger partial charge in [-0.25, -0.2) is 9.82 Å². The number of carbonyl (C=O) groups excluding carboxylic acids is 1. The summed E-state index contributed by atoms with van der Waals surface area (Å²) in [5.74, 6) is 0.0888. The van der Waals surface area contributed by atoms with Gasteiger partial charge in [-0.1, -0.05) is 40.2 Å². The van der Waals surface area contributed by atoms with Crippen LogP contribution >= 0.6 is 15.9 Å². The van der Waals surface area contributed by atoms with Crippen molar-refractivity contribution in [1.29, 1.82) is 0 Å². The maximum Gasteiger partial charge on any atom is 0.307 e. The summed E-state index contributed by atoms with van der Waals surface area (Å²) in [4.78, 5) is 12.3. The van der Waals surface area contributed by atoms with Crippen molar-refractivity contribution in [2.45, 2.75) is 6.61 Å². The van der Waals surface area contributed by atoms with Gasteiger partial charge in [0.25, 0.3) is 0 Å². The Labute approximate surface area is 180 Å². The molecule has 1 heterocycles. The maximum absolute atomic E-state index is 13.0. The minimum atomic E-state index is -0.442. The molecule has 0 fully saturated rings. The SMILES string of the molecule is O=C(N/N=C/c1cccc(OCc2ccc(F)cc2)c1)c1cc2cc(Br)ccc2o1. The number of furan rings is 1. The summed E-state index contributed by atoms with van der Waals surface area (Å²) in [5, 5.41) is 4.81. The fourth-order valence-electron chi connectivity index (χ4n) is 2.78. The molecule has 1 amide bonds.